The lowest BCUT2D eigenvalue weighted by Gasteiger charge is -2.35. The largest absolute Gasteiger partial charge is 0.483 e. The number of primary amides is 1. The molecule has 0 bridgehead atoms. The second-order valence-electron chi connectivity index (χ2n) is 13.6. The summed E-state index contributed by atoms with van der Waals surface area (Å²) < 4.78 is 5.09. The van der Waals surface area contributed by atoms with E-state index in [1.165, 1.54) is 16.7 Å². The number of hydrogen-bond donors (Lipinski definition) is 5. The zero-order chi connectivity index (χ0) is 35.9. The Kier molecular flexibility index (Phi) is 11.9. The Hall–Kier alpha value is -4.62. The van der Waals surface area contributed by atoms with Crippen LogP contribution in [0.25, 0.3) is 10.8 Å². The van der Waals surface area contributed by atoms with Crippen LogP contribution in [0.5, 0.6) is 5.75 Å². The molecule has 49 heavy (non-hydrogen) atoms. The van der Waals surface area contributed by atoms with Gasteiger partial charge in [-0.05, 0) is 58.1 Å². The fraction of sp³-hybridized carbons (Fsp3) is 0.417. The van der Waals surface area contributed by atoms with Crippen molar-refractivity contribution < 1.29 is 33.8 Å². The molecule has 4 atom stereocenters. The number of aliphatic hydroxyl groups is 1. The number of aliphatic hydroxyl groups excluding tert-OH is 1. The van der Waals surface area contributed by atoms with Gasteiger partial charge in [-0.1, -0.05) is 66.7 Å². The molecule has 0 saturated carbocycles. The second-order valence-corrected chi connectivity index (χ2v) is 15.2. The SMILES string of the molecule is CC(C)(C)NC(=O)C1N(C(=O)C(O)C(Cc2ccccc2)NC(=O)C(CC(N)=O)NC(=O)COc2cccc3ccccc23)CSC1(C)C. The number of fused-ring (bicyclic) bond motifs is 1. The lowest BCUT2D eigenvalue weighted by molar-refractivity contribution is -0.148. The number of benzene rings is 3. The number of thioether (sulfide) groups is 1. The molecule has 1 aliphatic heterocycles. The molecule has 1 fully saturated rings. The van der Waals surface area contributed by atoms with Crippen LogP contribution >= 0.6 is 11.8 Å². The summed E-state index contributed by atoms with van der Waals surface area (Å²) in [5.74, 6) is -2.86. The third-order valence-corrected chi connectivity index (χ3v) is 9.38. The van der Waals surface area contributed by atoms with Crippen molar-refractivity contribution in [1.82, 2.24) is 20.9 Å². The maximum Gasteiger partial charge on any atom is 0.258 e. The number of carbonyl (C=O) groups excluding carboxylic acids is 5. The van der Waals surface area contributed by atoms with E-state index in [1.54, 1.807) is 42.5 Å². The number of rotatable bonds is 13. The van der Waals surface area contributed by atoms with Gasteiger partial charge in [-0.15, -0.1) is 11.8 Å². The molecule has 1 saturated heterocycles. The van der Waals surface area contributed by atoms with Crippen LogP contribution in [0, 0.1) is 0 Å². The second kappa shape index (κ2) is 15.7. The number of nitrogens with two attached hydrogens (primary N) is 1. The van der Waals surface area contributed by atoms with E-state index in [0.717, 1.165) is 10.8 Å². The fourth-order valence-corrected chi connectivity index (χ4v) is 6.84. The van der Waals surface area contributed by atoms with Gasteiger partial charge in [0.05, 0.1) is 18.3 Å². The first-order valence-corrected chi connectivity index (χ1v) is 17.0. The Labute approximate surface area is 290 Å². The first-order valence-electron chi connectivity index (χ1n) is 16.0. The van der Waals surface area contributed by atoms with Crippen LogP contribution in [-0.2, 0) is 30.4 Å². The zero-order valence-electron chi connectivity index (χ0n) is 28.4. The average molecular weight is 692 g/mol. The van der Waals surface area contributed by atoms with Crippen LogP contribution in [0.15, 0.2) is 72.8 Å². The molecule has 13 heteroatoms. The number of hydrogen-bond acceptors (Lipinski definition) is 8. The zero-order valence-corrected chi connectivity index (χ0v) is 29.2. The van der Waals surface area contributed by atoms with Crippen LogP contribution in [0.3, 0.4) is 0 Å². The smallest absolute Gasteiger partial charge is 0.258 e. The van der Waals surface area contributed by atoms with E-state index in [1.807, 2.05) is 65.0 Å². The molecule has 0 radical (unpaired) electrons. The minimum absolute atomic E-state index is 0.0319. The van der Waals surface area contributed by atoms with E-state index in [2.05, 4.69) is 16.0 Å². The number of nitrogens with one attached hydrogen (secondary N) is 3. The Morgan fingerprint density at radius 1 is 0.980 bits per heavy atom. The Balaban J connectivity index is 1.52. The van der Waals surface area contributed by atoms with Crippen LogP contribution in [-0.4, -0.2) is 86.5 Å². The summed E-state index contributed by atoms with van der Waals surface area (Å²) in [7, 11) is 0. The van der Waals surface area contributed by atoms with E-state index in [-0.39, 0.29) is 18.2 Å². The highest BCUT2D eigenvalue weighted by molar-refractivity contribution is 8.00. The number of amides is 5. The molecule has 4 rings (SSSR count). The highest BCUT2D eigenvalue weighted by Gasteiger charge is 2.50. The van der Waals surface area contributed by atoms with Crippen molar-refractivity contribution in [1.29, 1.82) is 0 Å². The van der Waals surface area contributed by atoms with Gasteiger partial charge in [0.1, 0.15) is 17.8 Å². The quantitative estimate of drug-likeness (QED) is 0.181. The summed E-state index contributed by atoms with van der Waals surface area (Å²) in [4.78, 5) is 67.3. The molecule has 6 N–H and O–H groups in total. The van der Waals surface area contributed by atoms with Gasteiger partial charge < -0.3 is 36.4 Å². The predicted octanol–water partition coefficient (Wildman–Crippen LogP) is 2.26. The Morgan fingerprint density at radius 2 is 1.63 bits per heavy atom. The molecule has 4 unspecified atom stereocenters. The van der Waals surface area contributed by atoms with Crippen LogP contribution < -0.4 is 26.4 Å². The van der Waals surface area contributed by atoms with Crippen molar-refractivity contribution >= 4 is 52.1 Å². The summed E-state index contributed by atoms with van der Waals surface area (Å²) >= 11 is 1.40. The lowest BCUT2D eigenvalue weighted by atomic mass is 9.96. The maximum atomic E-state index is 13.9. The fourth-order valence-electron chi connectivity index (χ4n) is 5.70. The van der Waals surface area contributed by atoms with E-state index in [4.69, 9.17) is 10.5 Å². The van der Waals surface area contributed by atoms with Crippen LogP contribution in [0.2, 0.25) is 0 Å². The van der Waals surface area contributed by atoms with Gasteiger partial charge in [-0.3, -0.25) is 24.0 Å². The molecular weight excluding hydrogens is 646 g/mol. The minimum Gasteiger partial charge on any atom is -0.483 e. The molecule has 3 aromatic rings. The lowest BCUT2D eigenvalue weighted by Crippen LogP contribution is -2.61. The van der Waals surface area contributed by atoms with E-state index >= 15 is 0 Å². The van der Waals surface area contributed by atoms with Crippen molar-refractivity contribution in [2.45, 2.75) is 82.0 Å². The standard InChI is InChI=1S/C36H45N5O7S/c1-35(2,3)40-33(46)31-36(4,5)49-21-41(31)34(47)30(44)25(18-22-12-7-6-8-13-22)39-32(45)26(19-28(37)42)38-29(43)20-48-27-17-11-15-23-14-9-10-16-24(23)27/h6-17,25-26,30-31,44H,18-21H2,1-5H3,(H2,37,42)(H,38,43)(H,39,45)(H,40,46). The molecule has 1 aliphatic rings. The molecule has 3 aromatic carbocycles. The molecule has 1 heterocycles. The summed E-state index contributed by atoms with van der Waals surface area (Å²) in [6.45, 7) is 8.77. The topological polar surface area (TPSA) is 180 Å². The highest BCUT2D eigenvalue weighted by atomic mass is 32.2. The minimum atomic E-state index is -1.77. The summed E-state index contributed by atoms with van der Waals surface area (Å²) in [5, 5.41) is 21.4. The van der Waals surface area contributed by atoms with E-state index in [9.17, 15) is 29.1 Å². The van der Waals surface area contributed by atoms with Gasteiger partial charge in [-0.2, -0.15) is 0 Å². The highest BCUT2D eigenvalue weighted by Crippen LogP contribution is 2.40. The molecular formula is C36H45N5O7S. The van der Waals surface area contributed by atoms with Gasteiger partial charge in [-0.25, -0.2) is 0 Å². The van der Waals surface area contributed by atoms with Gasteiger partial charge in [0, 0.05) is 15.7 Å². The number of ether oxygens (including phenoxy) is 1. The Bertz CT molecular complexity index is 1670. The first kappa shape index (κ1) is 37.2. The van der Waals surface area contributed by atoms with Crippen molar-refractivity contribution in [3.8, 4) is 5.75 Å². The monoisotopic (exact) mass is 691 g/mol. The molecule has 0 spiro atoms. The number of nitrogens with zero attached hydrogens (tertiary/aromatic N) is 1. The molecule has 12 nitrogen and oxygen atoms in total. The van der Waals surface area contributed by atoms with Crippen LogP contribution in [0.4, 0.5) is 0 Å². The first-order chi connectivity index (χ1) is 23.1. The third-order valence-electron chi connectivity index (χ3n) is 8.00. The van der Waals surface area contributed by atoms with E-state index in [0.29, 0.717) is 11.3 Å². The normalized spacial score (nSPS) is 17.4. The molecule has 0 aliphatic carbocycles. The molecule has 5 amide bonds. The summed E-state index contributed by atoms with van der Waals surface area (Å²) in [6, 6.07) is 18.3. The van der Waals surface area contributed by atoms with Crippen LogP contribution in [0.1, 0.15) is 46.6 Å². The van der Waals surface area contributed by atoms with E-state index < -0.39 is 71.2 Å². The predicted molar refractivity (Wildman–Crippen MR) is 188 cm³/mol. The molecule has 262 valence electrons. The van der Waals surface area contributed by atoms with Crippen molar-refractivity contribution in [2.75, 3.05) is 12.5 Å². The van der Waals surface area contributed by atoms with Gasteiger partial charge in [0.15, 0.2) is 12.7 Å². The Morgan fingerprint density at radius 3 is 2.31 bits per heavy atom. The average Bonchev–Trinajstić information content (AvgIpc) is 3.36. The van der Waals surface area contributed by atoms with Gasteiger partial charge >= 0.3 is 0 Å². The summed E-state index contributed by atoms with van der Waals surface area (Å²) in [5.41, 5.74) is 5.59. The third kappa shape index (κ3) is 9.96. The number of carbonyl (C=O) groups is 5. The van der Waals surface area contributed by atoms with Crippen molar-refractivity contribution in [3.05, 3.63) is 78.4 Å². The van der Waals surface area contributed by atoms with Crippen molar-refractivity contribution in [2.24, 2.45) is 5.73 Å². The van der Waals surface area contributed by atoms with Crippen molar-refractivity contribution in [3.63, 3.8) is 0 Å². The maximum absolute atomic E-state index is 13.9. The molecule has 0 aromatic heterocycles. The van der Waals surface area contributed by atoms with Gasteiger partial charge in [0.25, 0.3) is 11.8 Å². The van der Waals surface area contributed by atoms with Gasteiger partial charge in [0.2, 0.25) is 17.7 Å². The summed E-state index contributed by atoms with van der Waals surface area (Å²) in [6.07, 6.45) is -2.28.